The second kappa shape index (κ2) is 10.1. The summed E-state index contributed by atoms with van der Waals surface area (Å²) in [6.07, 6.45) is 5.66. The summed E-state index contributed by atoms with van der Waals surface area (Å²) in [7, 11) is 3.55. The fourth-order valence-electron chi connectivity index (χ4n) is 2.88. The summed E-state index contributed by atoms with van der Waals surface area (Å²) in [5, 5.41) is 5.77. The predicted molar refractivity (Wildman–Crippen MR) is 99.3 cm³/mol. The van der Waals surface area contributed by atoms with Crippen molar-refractivity contribution in [3.63, 3.8) is 0 Å². The first kappa shape index (κ1) is 20.2. The quantitative estimate of drug-likeness (QED) is 0.797. The van der Waals surface area contributed by atoms with Gasteiger partial charge in [0.2, 0.25) is 5.91 Å². The summed E-state index contributed by atoms with van der Waals surface area (Å²) in [6, 6.07) is 7.20. The van der Waals surface area contributed by atoms with Crippen LogP contribution in [-0.4, -0.2) is 50.4 Å². The SMILES string of the molecule is CNCC1CCCN(C(=O)/C=C/c2ccc(C(=O)NC)cc2)C1.Cl. The lowest BCUT2D eigenvalue weighted by Gasteiger charge is -2.32. The standard InChI is InChI=1S/C18H25N3O2.ClH/c1-19-12-15-4-3-11-21(13-15)17(22)10-7-14-5-8-16(9-6-14)18(23)20-2;/h5-10,15,19H,3-4,11-13H2,1-2H3,(H,20,23);1H/b10-7+;. The molecule has 2 amide bonds. The summed E-state index contributed by atoms with van der Waals surface area (Å²) >= 11 is 0. The van der Waals surface area contributed by atoms with Crippen molar-refractivity contribution in [3.05, 3.63) is 41.5 Å². The molecule has 0 aromatic heterocycles. The molecule has 1 aromatic rings. The van der Waals surface area contributed by atoms with Gasteiger partial charge in [0.25, 0.3) is 5.91 Å². The zero-order valence-corrected chi connectivity index (χ0v) is 15.1. The zero-order valence-electron chi connectivity index (χ0n) is 14.2. The van der Waals surface area contributed by atoms with Gasteiger partial charge in [-0.05, 0) is 56.1 Å². The van der Waals surface area contributed by atoms with Gasteiger partial charge in [0.15, 0.2) is 0 Å². The average Bonchev–Trinajstić information content (AvgIpc) is 2.60. The number of rotatable bonds is 5. The molecule has 5 nitrogen and oxygen atoms in total. The predicted octanol–water partition coefficient (Wildman–Crippen LogP) is 1.94. The lowest BCUT2D eigenvalue weighted by molar-refractivity contribution is -0.127. The largest absolute Gasteiger partial charge is 0.355 e. The average molecular weight is 352 g/mol. The summed E-state index contributed by atoms with van der Waals surface area (Å²) in [6.45, 7) is 2.60. The number of nitrogens with one attached hydrogen (secondary N) is 2. The zero-order chi connectivity index (χ0) is 16.7. The molecule has 1 unspecified atom stereocenters. The van der Waals surface area contributed by atoms with Crippen LogP contribution >= 0.6 is 12.4 Å². The van der Waals surface area contributed by atoms with Crippen LogP contribution in [0.2, 0.25) is 0 Å². The van der Waals surface area contributed by atoms with Crippen LogP contribution in [-0.2, 0) is 4.79 Å². The van der Waals surface area contributed by atoms with Crippen molar-refractivity contribution in [2.45, 2.75) is 12.8 Å². The minimum absolute atomic E-state index is 0. The number of hydrogen-bond acceptors (Lipinski definition) is 3. The summed E-state index contributed by atoms with van der Waals surface area (Å²) in [4.78, 5) is 25.7. The van der Waals surface area contributed by atoms with Gasteiger partial charge in [-0.3, -0.25) is 9.59 Å². The highest BCUT2D eigenvalue weighted by Gasteiger charge is 2.21. The van der Waals surface area contributed by atoms with Gasteiger partial charge in [0.05, 0.1) is 0 Å². The first-order valence-corrected chi connectivity index (χ1v) is 8.07. The molecule has 0 saturated carbocycles. The van der Waals surface area contributed by atoms with Crippen molar-refractivity contribution in [3.8, 4) is 0 Å². The maximum Gasteiger partial charge on any atom is 0.251 e. The normalized spacial score (nSPS) is 17.4. The minimum atomic E-state index is -0.111. The monoisotopic (exact) mass is 351 g/mol. The third-order valence-corrected chi connectivity index (χ3v) is 4.14. The Balaban J connectivity index is 0.00000288. The van der Waals surface area contributed by atoms with E-state index in [-0.39, 0.29) is 24.2 Å². The van der Waals surface area contributed by atoms with Crippen LogP contribution in [0.15, 0.2) is 30.3 Å². The number of carbonyl (C=O) groups excluding carboxylic acids is 2. The highest BCUT2D eigenvalue weighted by atomic mass is 35.5. The van der Waals surface area contributed by atoms with Crippen LogP contribution in [0.25, 0.3) is 6.08 Å². The van der Waals surface area contributed by atoms with Gasteiger partial charge in [0, 0.05) is 31.8 Å². The highest BCUT2D eigenvalue weighted by molar-refractivity contribution is 5.94. The molecule has 0 aliphatic carbocycles. The van der Waals surface area contributed by atoms with Crippen LogP contribution in [0, 0.1) is 5.92 Å². The Hall–Kier alpha value is -1.85. The highest BCUT2D eigenvalue weighted by Crippen LogP contribution is 2.16. The molecule has 2 rings (SSSR count). The Morgan fingerprint density at radius 3 is 2.58 bits per heavy atom. The van der Waals surface area contributed by atoms with Gasteiger partial charge in [-0.1, -0.05) is 12.1 Å². The molecule has 24 heavy (non-hydrogen) atoms. The maximum atomic E-state index is 12.3. The second-order valence-electron chi connectivity index (χ2n) is 5.88. The van der Waals surface area contributed by atoms with Crippen LogP contribution < -0.4 is 10.6 Å². The summed E-state index contributed by atoms with van der Waals surface area (Å²) in [5.41, 5.74) is 1.52. The molecule has 1 saturated heterocycles. The van der Waals surface area contributed by atoms with E-state index in [0.717, 1.165) is 31.6 Å². The Morgan fingerprint density at radius 2 is 1.96 bits per heavy atom. The number of halogens is 1. The van der Waals surface area contributed by atoms with E-state index in [0.29, 0.717) is 11.5 Å². The van der Waals surface area contributed by atoms with Crippen LogP contribution in [0.4, 0.5) is 0 Å². The van der Waals surface area contributed by atoms with E-state index >= 15 is 0 Å². The van der Waals surface area contributed by atoms with E-state index in [4.69, 9.17) is 0 Å². The molecule has 0 bridgehead atoms. The maximum absolute atomic E-state index is 12.3. The van der Waals surface area contributed by atoms with E-state index in [1.54, 1.807) is 31.3 Å². The number of amides is 2. The fraction of sp³-hybridized carbons (Fsp3) is 0.444. The molecule has 2 N–H and O–H groups in total. The van der Waals surface area contributed by atoms with Crippen molar-refractivity contribution >= 4 is 30.3 Å². The van der Waals surface area contributed by atoms with Crippen LogP contribution in [0.1, 0.15) is 28.8 Å². The number of piperidine rings is 1. The van der Waals surface area contributed by atoms with Gasteiger partial charge in [0.1, 0.15) is 0 Å². The molecule has 132 valence electrons. The Labute approximate surface area is 149 Å². The Bertz CT molecular complexity index is 570. The molecular weight excluding hydrogens is 326 g/mol. The van der Waals surface area contributed by atoms with Gasteiger partial charge in [-0.2, -0.15) is 0 Å². The first-order chi connectivity index (χ1) is 11.1. The molecule has 1 aliphatic heterocycles. The molecule has 1 aromatic carbocycles. The van der Waals surface area contributed by atoms with E-state index in [9.17, 15) is 9.59 Å². The summed E-state index contributed by atoms with van der Waals surface area (Å²) in [5.74, 6) is 0.486. The molecule has 1 heterocycles. The Kier molecular flexibility index (Phi) is 8.50. The molecule has 0 spiro atoms. The third kappa shape index (κ3) is 5.65. The van der Waals surface area contributed by atoms with Gasteiger partial charge in [-0.25, -0.2) is 0 Å². The Morgan fingerprint density at radius 1 is 1.25 bits per heavy atom. The van der Waals surface area contributed by atoms with Crippen molar-refractivity contribution in [1.29, 1.82) is 0 Å². The van der Waals surface area contributed by atoms with Crippen LogP contribution in [0.3, 0.4) is 0 Å². The first-order valence-electron chi connectivity index (χ1n) is 8.07. The molecular formula is C18H26ClN3O2. The molecule has 1 atom stereocenters. The smallest absolute Gasteiger partial charge is 0.251 e. The molecule has 1 aliphatic rings. The fourth-order valence-corrected chi connectivity index (χ4v) is 2.88. The lowest BCUT2D eigenvalue weighted by atomic mass is 9.98. The number of hydrogen-bond donors (Lipinski definition) is 2. The second-order valence-corrected chi connectivity index (χ2v) is 5.88. The molecule has 6 heteroatoms. The minimum Gasteiger partial charge on any atom is -0.355 e. The van der Waals surface area contributed by atoms with E-state index in [2.05, 4.69) is 10.6 Å². The molecule has 1 fully saturated rings. The molecule has 0 radical (unpaired) electrons. The third-order valence-electron chi connectivity index (χ3n) is 4.14. The number of nitrogens with zero attached hydrogens (tertiary/aromatic N) is 1. The number of carbonyl (C=O) groups is 2. The van der Waals surface area contributed by atoms with Crippen molar-refractivity contribution in [2.24, 2.45) is 5.92 Å². The number of likely N-dealkylation sites (tertiary alicyclic amines) is 1. The van der Waals surface area contributed by atoms with Crippen molar-refractivity contribution in [1.82, 2.24) is 15.5 Å². The van der Waals surface area contributed by atoms with E-state index < -0.39 is 0 Å². The van der Waals surface area contributed by atoms with Crippen molar-refractivity contribution < 1.29 is 9.59 Å². The number of benzene rings is 1. The van der Waals surface area contributed by atoms with Gasteiger partial charge < -0.3 is 15.5 Å². The van der Waals surface area contributed by atoms with Gasteiger partial charge >= 0.3 is 0 Å². The topological polar surface area (TPSA) is 61.4 Å². The van der Waals surface area contributed by atoms with Gasteiger partial charge in [-0.15, -0.1) is 12.4 Å². The van der Waals surface area contributed by atoms with E-state index in [1.165, 1.54) is 6.42 Å². The summed E-state index contributed by atoms with van der Waals surface area (Å²) < 4.78 is 0. The van der Waals surface area contributed by atoms with Crippen LogP contribution in [0.5, 0.6) is 0 Å². The lowest BCUT2D eigenvalue weighted by Crippen LogP contribution is -2.41. The van der Waals surface area contributed by atoms with E-state index in [1.807, 2.05) is 24.1 Å². The van der Waals surface area contributed by atoms with Crippen molar-refractivity contribution in [2.75, 3.05) is 33.7 Å².